The summed E-state index contributed by atoms with van der Waals surface area (Å²) in [6.07, 6.45) is 6.13. The molecule has 39 heavy (non-hydrogen) atoms. The van der Waals surface area contributed by atoms with Gasteiger partial charge in [-0.1, -0.05) is 88.6 Å². The lowest BCUT2D eigenvalue weighted by molar-refractivity contribution is -0.191. The third-order valence-electron chi connectivity index (χ3n) is 7.47. The van der Waals surface area contributed by atoms with E-state index in [-0.39, 0.29) is 17.5 Å². The highest BCUT2D eigenvalue weighted by Crippen LogP contribution is 2.33. The van der Waals surface area contributed by atoms with E-state index in [2.05, 4.69) is 74.6 Å². The lowest BCUT2D eigenvalue weighted by Crippen LogP contribution is -2.36. The largest absolute Gasteiger partial charge is 0.373 e. The van der Waals surface area contributed by atoms with E-state index in [1.807, 2.05) is 29.8 Å². The second-order valence-corrected chi connectivity index (χ2v) is 11.4. The summed E-state index contributed by atoms with van der Waals surface area (Å²) >= 11 is 0. The second-order valence-electron chi connectivity index (χ2n) is 11.4. The fourth-order valence-electron chi connectivity index (χ4n) is 5.47. The third-order valence-corrected chi connectivity index (χ3v) is 7.47. The van der Waals surface area contributed by atoms with Crippen molar-refractivity contribution >= 4 is 23.0 Å². The lowest BCUT2D eigenvalue weighted by Gasteiger charge is -2.23. The molecule has 202 valence electrons. The van der Waals surface area contributed by atoms with Crippen LogP contribution in [0.25, 0.3) is 22.0 Å². The molecule has 1 fully saturated rings. The van der Waals surface area contributed by atoms with Gasteiger partial charge in [-0.25, -0.2) is 0 Å². The fourth-order valence-corrected chi connectivity index (χ4v) is 5.47. The van der Waals surface area contributed by atoms with Crippen molar-refractivity contribution in [3.8, 4) is 11.1 Å². The zero-order valence-corrected chi connectivity index (χ0v) is 23.3. The molecule has 0 bridgehead atoms. The summed E-state index contributed by atoms with van der Waals surface area (Å²) in [6, 6.07) is 23.8. The maximum absolute atomic E-state index is 12.9. The van der Waals surface area contributed by atoms with Crippen LogP contribution in [0.4, 0.5) is 0 Å². The molecule has 5 rings (SSSR count). The molecular weight excluding hydrogens is 486 g/mol. The Labute approximate surface area is 230 Å². The molecule has 0 atom stereocenters. The van der Waals surface area contributed by atoms with E-state index >= 15 is 0 Å². The van der Waals surface area contributed by atoms with Crippen LogP contribution in [0, 0.1) is 6.92 Å². The lowest BCUT2D eigenvalue weighted by atomic mass is 9.82. The van der Waals surface area contributed by atoms with Crippen LogP contribution in [0.1, 0.15) is 80.1 Å². The zero-order valence-electron chi connectivity index (χ0n) is 23.3. The minimum absolute atomic E-state index is 0.0297. The van der Waals surface area contributed by atoms with Crippen LogP contribution < -0.4 is 5.32 Å². The van der Waals surface area contributed by atoms with Gasteiger partial charge in [0.05, 0.1) is 17.8 Å². The van der Waals surface area contributed by atoms with Crippen molar-refractivity contribution in [2.45, 2.75) is 77.8 Å². The Bertz CT molecular complexity index is 1470. The number of fused-ring (bicyclic) bond motifs is 1. The van der Waals surface area contributed by atoms with Crippen LogP contribution in [0.15, 0.2) is 66.7 Å². The Morgan fingerprint density at radius 2 is 1.64 bits per heavy atom. The van der Waals surface area contributed by atoms with E-state index in [4.69, 9.17) is 14.7 Å². The van der Waals surface area contributed by atoms with Crippen molar-refractivity contribution in [3.63, 3.8) is 0 Å². The monoisotopic (exact) mass is 523 g/mol. The molecule has 0 saturated heterocycles. The smallest absolute Gasteiger partial charge is 0.349 e. The Kier molecular flexibility index (Phi) is 8.78. The van der Waals surface area contributed by atoms with Crippen LogP contribution >= 0.6 is 0 Å². The van der Waals surface area contributed by atoms with E-state index < -0.39 is 0 Å². The minimum atomic E-state index is 0.0297. The number of hydrogen-bond acceptors (Lipinski definition) is 4. The van der Waals surface area contributed by atoms with Gasteiger partial charge in [-0.15, -0.1) is 0 Å². The molecule has 0 unspecified atom stereocenters. The van der Waals surface area contributed by atoms with Gasteiger partial charge in [-0.05, 0) is 65.6 Å². The van der Waals surface area contributed by atoms with Gasteiger partial charge in [-0.3, -0.25) is 9.48 Å². The predicted octanol–water partition coefficient (Wildman–Crippen LogP) is 6.84. The van der Waals surface area contributed by atoms with Gasteiger partial charge in [0.2, 0.25) is 0 Å². The van der Waals surface area contributed by atoms with Gasteiger partial charge in [0.25, 0.3) is 5.91 Å². The van der Waals surface area contributed by atoms with E-state index in [9.17, 15) is 4.79 Å². The van der Waals surface area contributed by atoms with E-state index in [1.165, 1.54) is 41.5 Å². The third kappa shape index (κ3) is 6.71. The normalized spacial score (nSPS) is 13.8. The molecule has 0 radical (unpaired) electrons. The molecule has 4 aromatic rings. The average Bonchev–Trinajstić information content (AvgIpc) is 3.24. The SMILES string of the molecule is Cc1nn(Cc2ccc(-c3ccccc3C(C)(C)C)cc2)c2ccc(C(=O)NC3CCCCC3)cc12.O=C=O. The quantitative estimate of drug-likeness (QED) is 0.311. The molecule has 1 aliphatic rings. The second kappa shape index (κ2) is 12.2. The molecular formula is C33H37N3O3. The van der Waals surface area contributed by atoms with Crippen LogP contribution in [0.2, 0.25) is 0 Å². The van der Waals surface area contributed by atoms with Crippen LogP contribution in [-0.2, 0) is 21.5 Å². The Balaban J connectivity index is 0.00000112. The van der Waals surface area contributed by atoms with Crippen molar-refractivity contribution in [3.05, 3.63) is 89.1 Å². The fraction of sp³-hybridized carbons (Fsp3) is 0.364. The van der Waals surface area contributed by atoms with Gasteiger partial charge in [0.15, 0.2) is 0 Å². The first kappa shape index (κ1) is 28.0. The van der Waals surface area contributed by atoms with Gasteiger partial charge in [0.1, 0.15) is 0 Å². The number of carbonyl (C=O) groups excluding carboxylic acids is 3. The highest BCUT2D eigenvalue weighted by Gasteiger charge is 2.19. The van der Waals surface area contributed by atoms with Gasteiger partial charge >= 0.3 is 6.15 Å². The van der Waals surface area contributed by atoms with Gasteiger partial charge in [0, 0.05) is 17.0 Å². The van der Waals surface area contributed by atoms with Crippen molar-refractivity contribution in [1.82, 2.24) is 15.1 Å². The van der Waals surface area contributed by atoms with Crippen LogP contribution in [0.5, 0.6) is 0 Å². The van der Waals surface area contributed by atoms with Crippen LogP contribution in [-0.4, -0.2) is 27.9 Å². The molecule has 1 N–H and O–H groups in total. The number of nitrogens with one attached hydrogen (secondary N) is 1. The minimum Gasteiger partial charge on any atom is -0.349 e. The van der Waals surface area contributed by atoms with Crippen molar-refractivity contribution in [1.29, 1.82) is 0 Å². The molecule has 3 aromatic carbocycles. The van der Waals surface area contributed by atoms with Gasteiger partial charge in [-0.2, -0.15) is 14.7 Å². The number of aryl methyl sites for hydroxylation is 1. The Morgan fingerprint density at radius 1 is 0.974 bits per heavy atom. The summed E-state index contributed by atoms with van der Waals surface area (Å²) < 4.78 is 2.05. The molecule has 1 aromatic heterocycles. The number of nitrogens with zero attached hydrogens (tertiary/aromatic N) is 2. The molecule has 1 heterocycles. The first-order valence-corrected chi connectivity index (χ1v) is 13.7. The maximum Gasteiger partial charge on any atom is 0.373 e. The summed E-state index contributed by atoms with van der Waals surface area (Å²) in [6.45, 7) is 9.50. The topological polar surface area (TPSA) is 81.1 Å². The van der Waals surface area contributed by atoms with Crippen molar-refractivity contribution in [2.75, 3.05) is 0 Å². The molecule has 1 amide bonds. The number of rotatable bonds is 5. The number of amides is 1. The number of aromatic nitrogens is 2. The highest BCUT2D eigenvalue weighted by atomic mass is 16.2. The predicted molar refractivity (Wildman–Crippen MR) is 153 cm³/mol. The first-order chi connectivity index (χ1) is 18.7. The summed E-state index contributed by atoms with van der Waals surface area (Å²) in [7, 11) is 0. The van der Waals surface area contributed by atoms with Crippen LogP contribution in [0.3, 0.4) is 0 Å². The Hall–Kier alpha value is -4.02. The number of hydrogen-bond donors (Lipinski definition) is 1. The summed E-state index contributed by atoms with van der Waals surface area (Å²) in [5.74, 6) is 0.0297. The van der Waals surface area contributed by atoms with Crippen molar-refractivity contribution < 1.29 is 14.4 Å². The molecule has 0 aliphatic heterocycles. The van der Waals surface area contributed by atoms with Gasteiger partial charge < -0.3 is 5.32 Å². The van der Waals surface area contributed by atoms with Crippen molar-refractivity contribution in [2.24, 2.45) is 0 Å². The standard InChI is InChI=1S/C32H37N3O.CO2/c1-22-28-20-25(31(36)33-26-10-6-5-7-11-26)18-19-30(28)35(34-22)21-23-14-16-24(17-15-23)27-12-8-9-13-29(27)32(2,3)4;2-1-3/h8-9,12-20,26H,5-7,10-11,21H2,1-4H3,(H,33,36);. The Morgan fingerprint density at radius 3 is 2.31 bits per heavy atom. The zero-order chi connectivity index (χ0) is 28.0. The number of benzene rings is 3. The molecule has 6 nitrogen and oxygen atoms in total. The molecule has 0 spiro atoms. The first-order valence-electron chi connectivity index (χ1n) is 13.7. The number of carbonyl (C=O) groups is 1. The highest BCUT2D eigenvalue weighted by molar-refractivity contribution is 5.98. The molecule has 6 heteroatoms. The molecule has 1 saturated carbocycles. The van der Waals surface area contributed by atoms with E-state index in [0.717, 1.165) is 35.0 Å². The average molecular weight is 524 g/mol. The van der Waals surface area contributed by atoms with E-state index in [1.54, 1.807) is 0 Å². The molecule has 1 aliphatic carbocycles. The summed E-state index contributed by atoms with van der Waals surface area (Å²) in [5.41, 5.74) is 7.91. The summed E-state index contributed by atoms with van der Waals surface area (Å²) in [4.78, 5) is 29.1. The van der Waals surface area contributed by atoms with E-state index in [0.29, 0.717) is 12.6 Å². The summed E-state index contributed by atoms with van der Waals surface area (Å²) in [5, 5.41) is 9.09. The maximum atomic E-state index is 12.9.